The molecule has 0 fully saturated rings. The number of benzene rings is 2. The van der Waals surface area contributed by atoms with Crippen LogP contribution in [0.25, 0.3) is 0 Å². The van der Waals surface area contributed by atoms with Gasteiger partial charge in [-0.2, -0.15) is 0 Å². The lowest BCUT2D eigenvalue weighted by Gasteiger charge is -2.41. The van der Waals surface area contributed by atoms with Gasteiger partial charge in [0.1, 0.15) is 12.8 Å². The van der Waals surface area contributed by atoms with Gasteiger partial charge >= 0.3 is 0 Å². The normalized spacial score (nSPS) is 19.9. The summed E-state index contributed by atoms with van der Waals surface area (Å²) in [6.45, 7) is 3.54. The maximum Gasteiger partial charge on any atom is 0.251 e. The monoisotopic (exact) mass is 456 g/mol. The van der Waals surface area contributed by atoms with E-state index in [1.165, 1.54) is 14.2 Å². The number of carbonyl (C=O) groups excluding carboxylic acids is 1. The smallest absolute Gasteiger partial charge is 0.251 e. The van der Waals surface area contributed by atoms with Crippen LogP contribution in [0.1, 0.15) is 35.7 Å². The molecular formula is C26H33FN2O4. The predicted octanol–water partition coefficient (Wildman–Crippen LogP) is 4.39. The molecule has 2 atom stereocenters. The van der Waals surface area contributed by atoms with Gasteiger partial charge in [-0.25, -0.2) is 4.39 Å². The van der Waals surface area contributed by atoms with Crippen molar-refractivity contribution >= 4 is 5.91 Å². The number of allylic oxidation sites excluding steroid dienone is 1. The average Bonchev–Trinajstić information content (AvgIpc) is 2.86. The molecule has 0 aromatic heterocycles. The number of hydrogen-bond acceptors (Lipinski definition) is 5. The lowest BCUT2D eigenvalue weighted by molar-refractivity contribution is 0.0894. The standard InChI is InChI=1S/C26H33FN2O4/c1-5-29(2)26(13-11-21(27)12-14-26)18-28-25(30)20-15-22(31-3)24(23(16-20)32-4)33-17-19-9-7-6-8-10-19/h6-11,13,15-16,21H,5,12,14,17-18H2,1-4H3,(H,28,30). The van der Waals surface area contributed by atoms with Crippen molar-refractivity contribution in [3.63, 3.8) is 0 Å². The molecule has 178 valence electrons. The molecule has 0 radical (unpaired) electrons. The molecule has 3 rings (SSSR count). The predicted molar refractivity (Wildman–Crippen MR) is 127 cm³/mol. The van der Waals surface area contributed by atoms with Gasteiger partial charge in [0, 0.05) is 12.1 Å². The van der Waals surface area contributed by atoms with Crippen LogP contribution >= 0.6 is 0 Å². The Bertz CT molecular complexity index is 941. The second-order valence-electron chi connectivity index (χ2n) is 8.20. The Balaban J connectivity index is 1.78. The quantitative estimate of drug-likeness (QED) is 0.538. The molecule has 2 unspecified atom stereocenters. The Kier molecular flexibility index (Phi) is 8.33. The van der Waals surface area contributed by atoms with Gasteiger partial charge in [0.05, 0.1) is 19.8 Å². The Morgan fingerprint density at radius 2 is 1.85 bits per heavy atom. The van der Waals surface area contributed by atoms with Crippen LogP contribution in [-0.2, 0) is 6.61 Å². The molecule has 0 saturated carbocycles. The number of hydrogen-bond donors (Lipinski definition) is 1. The maximum atomic E-state index is 13.7. The minimum absolute atomic E-state index is 0.263. The minimum atomic E-state index is -0.934. The first-order valence-corrected chi connectivity index (χ1v) is 11.2. The van der Waals surface area contributed by atoms with Crippen molar-refractivity contribution in [2.24, 2.45) is 0 Å². The zero-order valence-corrected chi connectivity index (χ0v) is 19.8. The fourth-order valence-electron chi connectivity index (χ4n) is 3.98. The van der Waals surface area contributed by atoms with E-state index in [4.69, 9.17) is 14.2 Å². The highest BCUT2D eigenvalue weighted by molar-refractivity contribution is 5.95. The molecule has 1 aliphatic rings. The zero-order chi connectivity index (χ0) is 23.8. The van der Waals surface area contributed by atoms with Gasteiger partial charge in [-0.15, -0.1) is 0 Å². The highest BCUT2D eigenvalue weighted by Crippen LogP contribution is 2.39. The number of ether oxygens (including phenoxy) is 3. The van der Waals surface area contributed by atoms with Gasteiger partial charge in [-0.1, -0.05) is 49.4 Å². The van der Waals surface area contributed by atoms with Crippen LogP contribution in [0.3, 0.4) is 0 Å². The number of nitrogens with one attached hydrogen (secondary N) is 1. The zero-order valence-electron chi connectivity index (χ0n) is 19.8. The molecule has 2 aromatic carbocycles. The van der Waals surface area contributed by atoms with Crippen LogP contribution in [0.15, 0.2) is 54.6 Å². The third-order valence-electron chi connectivity index (χ3n) is 6.21. The number of methoxy groups -OCH3 is 2. The van der Waals surface area contributed by atoms with E-state index in [1.54, 1.807) is 18.2 Å². The lowest BCUT2D eigenvalue weighted by atomic mass is 9.85. The molecule has 2 aromatic rings. The average molecular weight is 457 g/mol. The van der Waals surface area contributed by atoms with E-state index in [1.807, 2.05) is 50.4 Å². The summed E-state index contributed by atoms with van der Waals surface area (Å²) in [4.78, 5) is 15.2. The fraction of sp³-hybridized carbons (Fsp3) is 0.423. The van der Waals surface area contributed by atoms with Crippen molar-refractivity contribution in [1.29, 1.82) is 0 Å². The largest absolute Gasteiger partial charge is 0.493 e. The van der Waals surface area contributed by atoms with Gasteiger partial charge < -0.3 is 19.5 Å². The van der Waals surface area contributed by atoms with Crippen LogP contribution in [0.5, 0.6) is 17.2 Å². The van der Waals surface area contributed by atoms with Crippen molar-refractivity contribution in [2.45, 2.75) is 38.1 Å². The van der Waals surface area contributed by atoms with E-state index in [9.17, 15) is 9.18 Å². The van der Waals surface area contributed by atoms with E-state index >= 15 is 0 Å². The van der Waals surface area contributed by atoms with Crippen molar-refractivity contribution in [3.8, 4) is 17.2 Å². The highest BCUT2D eigenvalue weighted by atomic mass is 19.1. The molecule has 0 aliphatic heterocycles. The molecule has 1 aliphatic carbocycles. The Labute approximate surface area is 195 Å². The molecular weight excluding hydrogens is 423 g/mol. The van der Waals surface area contributed by atoms with Crippen LogP contribution in [-0.4, -0.2) is 56.9 Å². The van der Waals surface area contributed by atoms with E-state index < -0.39 is 11.7 Å². The number of alkyl halides is 1. The van der Waals surface area contributed by atoms with Crippen molar-refractivity contribution in [1.82, 2.24) is 10.2 Å². The maximum absolute atomic E-state index is 13.7. The van der Waals surface area contributed by atoms with Crippen LogP contribution < -0.4 is 19.5 Å². The van der Waals surface area contributed by atoms with Crippen LogP contribution in [0.2, 0.25) is 0 Å². The molecule has 0 saturated heterocycles. The molecule has 33 heavy (non-hydrogen) atoms. The van der Waals surface area contributed by atoms with Gasteiger partial charge in [0.15, 0.2) is 11.5 Å². The lowest BCUT2D eigenvalue weighted by Crippen LogP contribution is -2.54. The summed E-state index contributed by atoms with van der Waals surface area (Å²) < 4.78 is 30.7. The van der Waals surface area contributed by atoms with Crippen molar-refractivity contribution < 1.29 is 23.4 Å². The first-order chi connectivity index (χ1) is 15.9. The SMILES string of the molecule is CCN(C)C1(CNC(=O)c2cc(OC)c(OCc3ccccc3)c(OC)c2)C=CC(F)CC1. The number of likely N-dealkylation sites (N-methyl/N-ethyl adjacent to an activating group) is 1. The Hall–Kier alpha value is -3.06. The summed E-state index contributed by atoms with van der Waals surface area (Å²) in [6, 6.07) is 13.0. The second kappa shape index (κ2) is 11.2. The molecule has 0 heterocycles. The fourth-order valence-corrected chi connectivity index (χ4v) is 3.98. The van der Waals surface area contributed by atoms with Crippen molar-refractivity contribution in [3.05, 3.63) is 65.7 Å². The summed E-state index contributed by atoms with van der Waals surface area (Å²) >= 11 is 0. The molecule has 0 bridgehead atoms. The van der Waals surface area contributed by atoms with Crippen LogP contribution in [0, 0.1) is 0 Å². The summed E-state index contributed by atoms with van der Waals surface area (Å²) in [7, 11) is 5.04. The first-order valence-electron chi connectivity index (χ1n) is 11.2. The summed E-state index contributed by atoms with van der Waals surface area (Å²) in [6.07, 6.45) is 3.61. The highest BCUT2D eigenvalue weighted by Gasteiger charge is 2.35. The summed E-state index contributed by atoms with van der Waals surface area (Å²) in [5.74, 6) is 0.995. The summed E-state index contributed by atoms with van der Waals surface area (Å²) in [5.41, 5.74) is 0.984. The number of carbonyl (C=O) groups is 1. The number of nitrogens with zero attached hydrogens (tertiary/aromatic N) is 1. The van der Waals surface area contributed by atoms with E-state index in [-0.39, 0.29) is 5.91 Å². The van der Waals surface area contributed by atoms with E-state index in [0.717, 1.165) is 12.1 Å². The van der Waals surface area contributed by atoms with Gasteiger partial charge in [0.2, 0.25) is 5.75 Å². The Morgan fingerprint density at radius 1 is 1.18 bits per heavy atom. The van der Waals surface area contributed by atoms with E-state index in [2.05, 4.69) is 10.2 Å². The third kappa shape index (κ3) is 5.85. The second-order valence-corrected chi connectivity index (χ2v) is 8.20. The number of amides is 1. The minimum Gasteiger partial charge on any atom is -0.493 e. The Morgan fingerprint density at radius 3 is 2.39 bits per heavy atom. The molecule has 0 spiro atoms. The molecule has 6 nitrogen and oxygen atoms in total. The molecule has 7 heteroatoms. The topological polar surface area (TPSA) is 60.0 Å². The third-order valence-corrected chi connectivity index (χ3v) is 6.21. The van der Waals surface area contributed by atoms with Gasteiger partial charge in [-0.05, 0) is 44.1 Å². The van der Waals surface area contributed by atoms with E-state index in [0.29, 0.717) is 48.8 Å². The number of rotatable bonds is 10. The van der Waals surface area contributed by atoms with Crippen LogP contribution in [0.4, 0.5) is 4.39 Å². The molecule has 1 amide bonds. The van der Waals surface area contributed by atoms with Gasteiger partial charge in [-0.3, -0.25) is 9.69 Å². The first kappa shape index (κ1) is 24.6. The number of halogens is 1. The molecule has 1 N–H and O–H groups in total. The van der Waals surface area contributed by atoms with Crippen molar-refractivity contribution in [2.75, 3.05) is 34.4 Å². The summed E-state index contributed by atoms with van der Waals surface area (Å²) in [5, 5.41) is 3.01. The van der Waals surface area contributed by atoms with Gasteiger partial charge in [0.25, 0.3) is 5.91 Å².